The second-order valence-corrected chi connectivity index (χ2v) is 7.12. The fourth-order valence-electron chi connectivity index (χ4n) is 3.18. The zero-order valence-electron chi connectivity index (χ0n) is 17.4. The van der Waals surface area contributed by atoms with Crippen LogP contribution in [0.4, 0.5) is 11.5 Å². The van der Waals surface area contributed by atoms with Crippen molar-refractivity contribution in [1.82, 2.24) is 9.78 Å². The third kappa shape index (κ3) is 4.58. The first-order valence-electron chi connectivity index (χ1n) is 9.92. The Bertz CT molecular complexity index is 1320. The molecule has 4 aromatic rings. The average Bonchev–Trinajstić information content (AvgIpc) is 3.20. The molecular formula is C26H20N4O2. The van der Waals surface area contributed by atoms with Crippen LogP contribution in [-0.2, 0) is 7.05 Å². The molecule has 0 aliphatic rings. The summed E-state index contributed by atoms with van der Waals surface area (Å²) >= 11 is 0. The van der Waals surface area contributed by atoms with Gasteiger partial charge in [0.1, 0.15) is 5.82 Å². The van der Waals surface area contributed by atoms with E-state index in [2.05, 4.69) is 21.7 Å². The Morgan fingerprint density at radius 3 is 2.25 bits per heavy atom. The summed E-state index contributed by atoms with van der Waals surface area (Å²) in [4.78, 5) is 24.9. The number of carbonyl (C=O) groups is 2. The van der Waals surface area contributed by atoms with E-state index < -0.39 is 0 Å². The Labute approximate surface area is 185 Å². The van der Waals surface area contributed by atoms with Crippen LogP contribution in [0.25, 0.3) is 11.3 Å². The molecule has 0 saturated carbocycles. The molecule has 0 bridgehead atoms. The topological polar surface area (TPSA) is 76.0 Å². The summed E-state index contributed by atoms with van der Waals surface area (Å²) in [5.41, 5.74) is 3.94. The lowest BCUT2D eigenvalue weighted by molar-refractivity contribution is 0.101. The van der Waals surface area contributed by atoms with Crippen molar-refractivity contribution >= 4 is 23.3 Å². The number of terminal acetylenes is 1. The number of aryl methyl sites for hydroxylation is 1. The number of nitrogens with zero attached hydrogens (tertiary/aromatic N) is 2. The molecule has 156 valence electrons. The summed E-state index contributed by atoms with van der Waals surface area (Å²) in [6.07, 6.45) is 5.41. The fraction of sp³-hybridized carbons (Fsp3) is 0.0385. The Morgan fingerprint density at radius 1 is 0.844 bits per heavy atom. The van der Waals surface area contributed by atoms with E-state index in [1.54, 1.807) is 54.2 Å². The van der Waals surface area contributed by atoms with Crippen LogP contribution in [0.3, 0.4) is 0 Å². The highest BCUT2D eigenvalue weighted by Crippen LogP contribution is 2.24. The van der Waals surface area contributed by atoms with Gasteiger partial charge in [-0.15, -0.1) is 6.42 Å². The maximum atomic E-state index is 12.6. The summed E-state index contributed by atoms with van der Waals surface area (Å²) in [5.74, 6) is 2.64. The van der Waals surface area contributed by atoms with Crippen molar-refractivity contribution in [3.63, 3.8) is 0 Å². The number of anilines is 2. The summed E-state index contributed by atoms with van der Waals surface area (Å²) in [7, 11) is 1.76. The highest BCUT2D eigenvalue weighted by atomic mass is 16.2. The molecule has 0 saturated heterocycles. The predicted octanol–water partition coefficient (Wildman–Crippen LogP) is 4.57. The van der Waals surface area contributed by atoms with Crippen molar-refractivity contribution in [1.29, 1.82) is 0 Å². The number of carbonyl (C=O) groups excluding carboxylic acids is 2. The van der Waals surface area contributed by atoms with Crippen LogP contribution >= 0.6 is 0 Å². The highest BCUT2D eigenvalue weighted by molar-refractivity contribution is 6.05. The molecule has 4 rings (SSSR count). The highest BCUT2D eigenvalue weighted by Gasteiger charge is 2.12. The summed E-state index contributed by atoms with van der Waals surface area (Å²) in [5, 5.41) is 10.2. The number of benzene rings is 3. The van der Waals surface area contributed by atoms with Crippen molar-refractivity contribution in [3.05, 3.63) is 102 Å². The molecule has 0 unspecified atom stereocenters. The van der Waals surface area contributed by atoms with Crippen LogP contribution in [0.5, 0.6) is 0 Å². The van der Waals surface area contributed by atoms with E-state index in [4.69, 9.17) is 6.42 Å². The van der Waals surface area contributed by atoms with E-state index in [1.165, 1.54) is 0 Å². The molecule has 0 aliphatic carbocycles. The first-order valence-corrected chi connectivity index (χ1v) is 9.92. The Kier molecular flexibility index (Phi) is 5.82. The van der Waals surface area contributed by atoms with Crippen LogP contribution in [-0.4, -0.2) is 21.6 Å². The van der Waals surface area contributed by atoms with E-state index in [0.717, 1.165) is 5.56 Å². The fourth-order valence-corrected chi connectivity index (χ4v) is 3.18. The van der Waals surface area contributed by atoms with Crippen molar-refractivity contribution in [2.75, 3.05) is 10.6 Å². The van der Waals surface area contributed by atoms with Crippen molar-refractivity contribution in [2.24, 2.45) is 7.05 Å². The molecule has 0 atom stereocenters. The maximum absolute atomic E-state index is 12.6. The minimum atomic E-state index is -0.268. The van der Waals surface area contributed by atoms with Gasteiger partial charge in [-0.05, 0) is 42.5 Å². The van der Waals surface area contributed by atoms with Crippen molar-refractivity contribution in [3.8, 4) is 23.6 Å². The lowest BCUT2D eigenvalue weighted by Crippen LogP contribution is -2.14. The monoisotopic (exact) mass is 420 g/mol. The Balaban J connectivity index is 1.47. The molecule has 1 heterocycles. The van der Waals surface area contributed by atoms with Gasteiger partial charge in [-0.2, -0.15) is 5.10 Å². The first kappa shape index (κ1) is 20.6. The van der Waals surface area contributed by atoms with Gasteiger partial charge in [0, 0.05) is 41.1 Å². The van der Waals surface area contributed by atoms with Crippen LogP contribution in [0.1, 0.15) is 26.3 Å². The largest absolute Gasteiger partial charge is 0.322 e. The minimum Gasteiger partial charge on any atom is -0.322 e. The first-order chi connectivity index (χ1) is 15.5. The molecule has 0 radical (unpaired) electrons. The van der Waals surface area contributed by atoms with Gasteiger partial charge in [-0.25, -0.2) is 0 Å². The molecule has 3 aromatic carbocycles. The zero-order chi connectivity index (χ0) is 22.5. The average molecular weight is 420 g/mol. The third-order valence-electron chi connectivity index (χ3n) is 4.89. The zero-order valence-corrected chi connectivity index (χ0v) is 17.4. The molecule has 32 heavy (non-hydrogen) atoms. The summed E-state index contributed by atoms with van der Waals surface area (Å²) in [6.45, 7) is 0. The molecule has 0 spiro atoms. The molecule has 1 aromatic heterocycles. The quantitative estimate of drug-likeness (QED) is 0.464. The molecule has 0 aliphatic heterocycles. The smallest absolute Gasteiger partial charge is 0.256 e. The second kappa shape index (κ2) is 9.02. The number of hydrogen-bond acceptors (Lipinski definition) is 3. The van der Waals surface area contributed by atoms with Crippen molar-refractivity contribution in [2.45, 2.75) is 0 Å². The van der Waals surface area contributed by atoms with Gasteiger partial charge < -0.3 is 10.6 Å². The molecular weight excluding hydrogens is 400 g/mol. The molecule has 6 heteroatoms. The van der Waals surface area contributed by atoms with E-state index in [9.17, 15) is 9.59 Å². The molecule has 0 fully saturated rings. The Hall–Kier alpha value is -4.63. The summed E-state index contributed by atoms with van der Waals surface area (Å²) in [6, 6.07) is 25.1. The van der Waals surface area contributed by atoms with Crippen LogP contribution in [0, 0.1) is 12.3 Å². The number of aromatic nitrogens is 2. The van der Waals surface area contributed by atoms with Gasteiger partial charge >= 0.3 is 0 Å². The minimum absolute atomic E-state index is 0.171. The summed E-state index contributed by atoms with van der Waals surface area (Å²) < 4.78 is 1.60. The molecule has 6 nitrogen and oxygen atoms in total. The maximum Gasteiger partial charge on any atom is 0.256 e. The number of amides is 2. The lowest BCUT2D eigenvalue weighted by Gasteiger charge is -2.06. The lowest BCUT2D eigenvalue weighted by atomic mass is 10.1. The number of rotatable bonds is 5. The van der Waals surface area contributed by atoms with Crippen LogP contribution in [0.15, 0.2) is 84.9 Å². The van der Waals surface area contributed by atoms with Crippen molar-refractivity contribution < 1.29 is 9.59 Å². The second-order valence-electron chi connectivity index (χ2n) is 7.12. The normalized spacial score (nSPS) is 10.2. The number of hydrogen-bond donors (Lipinski definition) is 2. The Morgan fingerprint density at radius 2 is 1.53 bits per heavy atom. The van der Waals surface area contributed by atoms with Gasteiger partial charge in [0.05, 0.1) is 5.69 Å². The van der Waals surface area contributed by atoms with Gasteiger partial charge in [-0.1, -0.05) is 42.3 Å². The third-order valence-corrected chi connectivity index (χ3v) is 4.89. The molecule has 2 N–H and O–H groups in total. The predicted molar refractivity (Wildman–Crippen MR) is 125 cm³/mol. The van der Waals surface area contributed by atoms with E-state index in [-0.39, 0.29) is 11.8 Å². The van der Waals surface area contributed by atoms with E-state index in [1.807, 2.05) is 42.5 Å². The standard InChI is InChI=1S/C26H20N4O2/c1-3-18-8-7-11-21(16-18)26(32)28-24-17-23(29-30(24)2)19-12-14-22(15-13-19)27-25(31)20-9-5-4-6-10-20/h1,4-17H,2H3,(H,27,31)(H,28,32). The van der Waals surface area contributed by atoms with Crippen LogP contribution in [0.2, 0.25) is 0 Å². The van der Waals surface area contributed by atoms with Gasteiger partial charge in [0.25, 0.3) is 11.8 Å². The van der Waals surface area contributed by atoms with Gasteiger partial charge in [-0.3, -0.25) is 14.3 Å². The van der Waals surface area contributed by atoms with Gasteiger partial charge in [0.15, 0.2) is 0 Å². The number of nitrogens with one attached hydrogen (secondary N) is 2. The van der Waals surface area contributed by atoms with E-state index in [0.29, 0.717) is 33.9 Å². The van der Waals surface area contributed by atoms with E-state index >= 15 is 0 Å². The van der Waals surface area contributed by atoms with Crippen LogP contribution < -0.4 is 10.6 Å². The molecule has 2 amide bonds. The van der Waals surface area contributed by atoms with Gasteiger partial charge in [0.2, 0.25) is 0 Å². The SMILES string of the molecule is C#Cc1cccc(C(=O)Nc2cc(-c3ccc(NC(=O)c4ccccc4)cc3)nn2C)c1.